The molecule has 7 nitrogen and oxygen atoms in total. The summed E-state index contributed by atoms with van der Waals surface area (Å²) in [7, 11) is 1.27. The molecule has 3 aromatic rings. The van der Waals surface area contributed by atoms with Crippen LogP contribution in [0.2, 0.25) is 0 Å². The number of benzene rings is 2. The Morgan fingerprint density at radius 1 is 0.852 bits per heavy atom. The van der Waals surface area contributed by atoms with Crippen molar-refractivity contribution in [3.05, 3.63) is 83.8 Å². The van der Waals surface area contributed by atoms with Gasteiger partial charge in [0.2, 0.25) is 0 Å². The second kappa shape index (κ2) is 8.01. The Balaban J connectivity index is 1.70. The average Bonchev–Trinajstić information content (AvgIpc) is 3.23. The topological polar surface area (TPSA) is 97.6 Å². The number of carbonyl (C=O) groups excluding carboxylic acids is 3. The van der Waals surface area contributed by atoms with E-state index in [1.807, 2.05) is 0 Å². The van der Waals surface area contributed by atoms with Crippen LogP contribution in [0.15, 0.2) is 71.3 Å². The van der Waals surface area contributed by atoms with Gasteiger partial charge in [0.1, 0.15) is 0 Å². The van der Waals surface area contributed by atoms with Crippen molar-refractivity contribution in [3.8, 4) is 0 Å². The summed E-state index contributed by atoms with van der Waals surface area (Å²) in [5.41, 5.74) is 1.49. The Morgan fingerprint density at radius 3 is 2.26 bits per heavy atom. The number of anilines is 2. The highest BCUT2D eigenvalue weighted by Gasteiger charge is 2.14. The fourth-order valence-corrected chi connectivity index (χ4v) is 2.38. The molecular weight excluding hydrogens is 348 g/mol. The number of carbonyl (C=O) groups is 3. The van der Waals surface area contributed by atoms with Crippen LogP contribution >= 0.6 is 0 Å². The fourth-order valence-electron chi connectivity index (χ4n) is 2.38. The molecule has 0 spiro atoms. The maximum Gasteiger partial charge on any atom is 0.339 e. The molecule has 0 bridgehead atoms. The van der Waals surface area contributed by atoms with Crippen molar-refractivity contribution in [2.24, 2.45) is 0 Å². The predicted molar refractivity (Wildman–Crippen MR) is 98.8 cm³/mol. The molecule has 0 unspecified atom stereocenters. The van der Waals surface area contributed by atoms with Gasteiger partial charge in [-0.1, -0.05) is 12.1 Å². The van der Waals surface area contributed by atoms with Crippen LogP contribution < -0.4 is 10.6 Å². The summed E-state index contributed by atoms with van der Waals surface area (Å²) in [6, 6.07) is 16.1. The minimum atomic E-state index is -0.540. The molecule has 0 saturated heterocycles. The zero-order valence-corrected chi connectivity index (χ0v) is 14.4. The largest absolute Gasteiger partial charge is 0.465 e. The van der Waals surface area contributed by atoms with E-state index in [0.717, 1.165) is 0 Å². The molecule has 2 aromatic carbocycles. The Morgan fingerprint density at radius 2 is 1.59 bits per heavy atom. The summed E-state index contributed by atoms with van der Waals surface area (Å²) >= 11 is 0. The summed E-state index contributed by atoms with van der Waals surface area (Å²) < 4.78 is 9.73. The molecular formula is C20H16N2O5. The number of furan rings is 1. The van der Waals surface area contributed by atoms with Gasteiger partial charge in [0.15, 0.2) is 5.76 Å². The van der Waals surface area contributed by atoms with E-state index in [2.05, 4.69) is 10.6 Å². The smallest absolute Gasteiger partial charge is 0.339 e. The normalized spacial score (nSPS) is 10.1. The lowest BCUT2D eigenvalue weighted by Crippen LogP contribution is -2.15. The minimum Gasteiger partial charge on any atom is -0.465 e. The predicted octanol–water partition coefficient (Wildman–Crippen LogP) is 3.57. The van der Waals surface area contributed by atoms with Crippen LogP contribution in [0.5, 0.6) is 0 Å². The van der Waals surface area contributed by atoms with Crippen molar-refractivity contribution >= 4 is 29.2 Å². The summed E-state index contributed by atoms with van der Waals surface area (Å²) in [5, 5.41) is 5.35. The third-order valence-corrected chi connectivity index (χ3v) is 3.73. The molecule has 0 fully saturated rings. The van der Waals surface area contributed by atoms with Crippen molar-refractivity contribution in [3.63, 3.8) is 0 Å². The monoisotopic (exact) mass is 364 g/mol. The zero-order valence-electron chi connectivity index (χ0n) is 14.4. The van der Waals surface area contributed by atoms with Gasteiger partial charge in [0.05, 0.1) is 24.6 Å². The third kappa shape index (κ3) is 4.21. The highest BCUT2D eigenvalue weighted by molar-refractivity contribution is 6.08. The van der Waals surface area contributed by atoms with E-state index in [1.54, 1.807) is 60.7 Å². The molecule has 0 saturated carbocycles. The maximum atomic E-state index is 12.4. The average molecular weight is 364 g/mol. The molecule has 27 heavy (non-hydrogen) atoms. The number of rotatable bonds is 5. The first kappa shape index (κ1) is 17.9. The molecule has 136 valence electrons. The molecule has 0 radical (unpaired) electrons. The van der Waals surface area contributed by atoms with Crippen LogP contribution in [0.3, 0.4) is 0 Å². The minimum absolute atomic E-state index is 0.191. The first-order valence-electron chi connectivity index (χ1n) is 8.02. The molecule has 7 heteroatoms. The molecule has 2 amide bonds. The van der Waals surface area contributed by atoms with Gasteiger partial charge in [-0.15, -0.1) is 0 Å². The lowest BCUT2D eigenvalue weighted by atomic mass is 10.1. The van der Waals surface area contributed by atoms with Gasteiger partial charge in [-0.2, -0.15) is 0 Å². The van der Waals surface area contributed by atoms with E-state index in [1.165, 1.54) is 13.4 Å². The van der Waals surface area contributed by atoms with Crippen molar-refractivity contribution in [1.29, 1.82) is 0 Å². The summed E-state index contributed by atoms with van der Waals surface area (Å²) in [6.45, 7) is 0. The first-order chi connectivity index (χ1) is 13.1. The van der Waals surface area contributed by atoms with E-state index in [9.17, 15) is 14.4 Å². The quantitative estimate of drug-likeness (QED) is 0.675. The van der Waals surface area contributed by atoms with Gasteiger partial charge >= 0.3 is 5.97 Å². The number of nitrogens with one attached hydrogen (secondary N) is 2. The SMILES string of the molecule is COC(=O)c1ccccc1NC(=O)c1ccc(NC(=O)c2ccco2)cc1. The van der Waals surface area contributed by atoms with E-state index in [4.69, 9.17) is 9.15 Å². The number of hydrogen-bond acceptors (Lipinski definition) is 5. The summed E-state index contributed by atoms with van der Waals surface area (Å²) in [5.74, 6) is -1.13. The van der Waals surface area contributed by atoms with Gasteiger partial charge < -0.3 is 19.8 Å². The number of ether oxygens (including phenoxy) is 1. The standard InChI is InChI=1S/C20H16N2O5/c1-26-20(25)15-5-2-3-6-16(15)22-18(23)13-8-10-14(11-9-13)21-19(24)17-7-4-12-27-17/h2-12H,1H3,(H,21,24)(H,22,23). The molecule has 1 aromatic heterocycles. The second-order valence-corrected chi connectivity index (χ2v) is 5.50. The number of para-hydroxylation sites is 1. The Hall–Kier alpha value is -3.87. The van der Waals surface area contributed by atoms with Gasteiger partial charge in [0, 0.05) is 11.3 Å². The van der Waals surface area contributed by atoms with Crippen LogP contribution in [0, 0.1) is 0 Å². The van der Waals surface area contributed by atoms with Gasteiger partial charge in [0.25, 0.3) is 11.8 Å². The molecule has 0 atom stereocenters. The molecule has 2 N–H and O–H groups in total. The van der Waals surface area contributed by atoms with Crippen molar-refractivity contribution < 1.29 is 23.5 Å². The highest BCUT2D eigenvalue weighted by Crippen LogP contribution is 2.18. The van der Waals surface area contributed by atoms with E-state index in [-0.39, 0.29) is 17.2 Å². The molecule has 0 aliphatic rings. The number of amides is 2. The van der Waals surface area contributed by atoms with Crippen molar-refractivity contribution in [2.75, 3.05) is 17.7 Å². The van der Waals surface area contributed by atoms with Crippen molar-refractivity contribution in [2.45, 2.75) is 0 Å². The summed E-state index contributed by atoms with van der Waals surface area (Å²) in [4.78, 5) is 36.1. The van der Waals surface area contributed by atoms with E-state index in [0.29, 0.717) is 16.9 Å². The van der Waals surface area contributed by atoms with Gasteiger partial charge in [-0.05, 0) is 48.5 Å². The van der Waals surface area contributed by atoms with E-state index >= 15 is 0 Å². The second-order valence-electron chi connectivity index (χ2n) is 5.50. The van der Waals surface area contributed by atoms with Crippen molar-refractivity contribution in [1.82, 2.24) is 0 Å². The van der Waals surface area contributed by atoms with Gasteiger partial charge in [-0.3, -0.25) is 9.59 Å². The highest BCUT2D eigenvalue weighted by atomic mass is 16.5. The molecule has 1 heterocycles. The van der Waals surface area contributed by atoms with Crippen LogP contribution in [-0.2, 0) is 4.74 Å². The van der Waals surface area contributed by atoms with Crippen LogP contribution in [0.1, 0.15) is 31.3 Å². The fraction of sp³-hybridized carbons (Fsp3) is 0.0500. The third-order valence-electron chi connectivity index (χ3n) is 3.73. The van der Waals surface area contributed by atoms with E-state index < -0.39 is 11.9 Å². The van der Waals surface area contributed by atoms with Crippen LogP contribution in [0.25, 0.3) is 0 Å². The lowest BCUT2D eigenvalue weighted by Gasteiger charge is -2.10. The van der Waals surface area contributed by atoms with Crippen LogP contribution in [0.4, 0.5) is 11.4 Å². The van der Waals surface area contributed by atoms with Crippen LogP contribution in [-0.4, -0.2) is 24.9 Å². The maximum absolute atomic E-state index is 12.4. The Labute approximate surface area is 154 Å². The number of esters is 1. The number of methoxy groups -OCH3 is 1. The molecule has 0 aliphatic carbocycles. The Kier molecular flexibility index (Phi) is 5.32. The summed E-state index contributed by atoms with van der Waals surface area (Å²) in [6.07, 6.45) is 1.41. The lowest BCUT2D eigenvalue weighted by molar-refractivity contribution is 0.0602. The zero-order chi connectivity index (χ0) is 19.2. The van der Waals surface area contributed by atoms with Gasteiger partial charge in [-0.25, -0.2) is 4.79 Å². The number of hydrogen-bond donors (Lipinski definition) is 2. The first-order valence-corrected chi connectivity index (χ1v) is 8.02. The molecule has 3 rings (SSSR count). The molecule has 0 aliphatic heterocycles. The Bertz CT molecular complexity index is 962.